The maximum atomic E-state index is 12.1. The van der Waals surface area contributed by atoms with Crippen LogP contribution in [0.3, 0.4) is 0 Å². The number of hydrogen-bond donors (Lipinski definition) is 0. The van der Waals surface area contributed by atoms with E-state index in [0.29, 0.717) is 0 Å². The van der Waals surface area contributed by atoms with Crippen molar-refractivity contribution in [2.45, 2.75) is 11.7 Å². The molecule has 0 saturated heterocycles. The van der Waals surface area contributed by atoms with E-state index in [0.717, 1.165) is 14.9 Å². The topological polar surface area (TPSA) is 89.7 Å². The van der Waals surface area contributed by atoms with Crippen molar-refractivity contribution in [1.29, 1.82) is 0 Å². The molecule has 0 amide bonds. The SMILES string of the molecule is CN(C)S(=O)(=O)c1ccc(COC(=O)c2csc(-c3ccsc3)n2)o1. The Balaban J connectivity index is 1.64. The van der Waals surface area contributed by atoms with Gasteiger partial charge in [0.1, 0.15) is 17.4 Å². The molecule has 25 heavy (non-hydrogen) atoms. The van der Waals surface area contributed by atoms with Crippen LogP contribution < -0.4 is 0 Å². The van der Waals surface area contributed by atoms with E-state index < -0.39 is 16.0 Å². The van der Waals surface area contributed by atoms with E-state index in [1.165, 1.54) is 37.6 Å². The average molecular weight is 398 g/mol. The van der Waals surface area contributed by atoms with Gasteiger partial charge in [-0.1, -0.05) is 0 Å². The fraction of sp³-hybridized carbons (Fsp3) is 0.200. The lowest BCUT2D eigenvalue weighted by atomic mass is 10.3. The van der Waals surface area contributed by atoms with Gasteiger partial charge < -0.3 is 9.15 Å². The van der Waals surface area contributed by atoms with Gasteiger partial charge in [0.15, 0.2) is 5.69 Å². The summed E-state index contributed by atoms with van der Waals surface area (Å²) in [5.74, 6) is -0.354. The number of esters is 1. The van der Waals surface area contributed by atoms with Crippen molar-refractivity contribution in [3.63, 3.8) is 0 Å². The highest BCUT2D eigenvalue weighted by Gasteiger charge is 2.22. The van der Waals surface area contributed by atoms with Crippen LogP contribution in [0.4, 0.5) is 0 Å². The van der Waals surface area contributed by atoms with Crippen molar-refractivity contribution >= 4 is 38.7 Å². The van der Waals surface area contributed by atoms with E-state index in [2.05, 4.69) is 4.98 Å². The summed E-state index contributed by atoms with van der Waals surface area (Å²) in [6, 6.07) is 4.71. The second-order valence-corrected chi connectivity index (χ2v) is 8.86. The first kappa shape index (κ1) is 17.8. The number of furan rings is 1. The summed E-state index contributed by atoms with van der Waals surface area (Å²) in [4.78, 5) is 16.3. The number of carbonyl (C=O) groups is 1. The maximum absolute atomic E-state index is 12.1. The summed E-state index contributed by atoms with van der Waals surface area (Å²) in [6.07, 6.45) is 0. The number of nitrogens with zero attached hydrogens (tertiary/aromatic N) is 2. The molecule has 0 N–H and O–H groups in total. The van der Waals surface area contributed by atoms with Crippen LogP contribution in [0.15, 0.2) is 43.8 Å². The Bertz CT molecular complexity index is 971. The molecule has 0 spiro atoms. The number of thiophene rings is 1. The quantitative estimate of drug-likeness (QED) is 0.593. The van der Waals surface area contributed by atoms with Crippen molar-refractivity contribution in [3.8, 4) is 10.6 Å². The van der Waals surface area contributed by atoms with Crippen LogP contribution in [-0.4, -0.2) is 37.8 Å². The highest BCUT2D eigenvalue weighted by molar-refractivity contribution is 7.88. The maximum Gasteiger partial charge on any atom is 0.358 e. The minimum atomic E-state index is -3.65. The zero-order chi connectivity index (χ0) is 18.0. The molecule has 3 rings (SSSR count). The molecule has 0 aliphatic heterocycles. The molecule has 0 aromatic carbocycles. The molecule has 10 heteroatoms. The van der Waals surface area contributed by atoms with Gasteiger partial charge >= 0.3 is 5.97 Å². The molecule has 0 saturated carbocycles. The molecule has 0 aliphatic rings. The van der Waals surface area contributed by atoms with Crippen LogP contribution in [0.25, 0.3) is 10.6 Å². The standard InChI is InChI=1S/C15H14N2O5S3/c1-17(2)25(19,20)13-4-3-11(22-13)7-21-15(18)12-9-24-14(16-12)10-5-6-23-8-10/h3-6,8-9H,7H2,1-2H3. The minimum absolute atomic E-state index is 0.174. The van der Waals surface area contributed by atoms with Crippen molar-refractivity contribution in [1.82, 2.24) is 9.29 Å². The highest BCUT2D eigenvalue weighted by Crippen LogP contribution is 2.26. The molecular formula is C15H14N2O5S3. The van der Waals surface area contributed by atoms with E-state index in [9.17, 15) is 13.2 Å². The lowest BCUT2D eigenvalue weighted by molar-refractivity contribution is 0.0434. The number of sulfonamides is 1. The van der Waals surface area contributed by atoms with Gasteiger partial charge in [-0.05, 0) is 23.6 Å². The molecule has 0 atom stereocenters. The van der Waals surface area contributed by atoms with Crippen molar-refractivity contribution in [2.24, 2.45) is 0 Å². The Kier molecular flexibility index (Phi) is 5.04. The first-order chi connectivity index (χ1) is 11.9. The Hall–Kier alpha value is -2.01. The van der Waals surface area contributed by atoms with Gasteiger partial charge in [0.25, 0.3) is 10.0 Å². The second kappa shape index (κ2) is 7.08. The van der Waals surface area contributed by atoms with Gasteiger partial charge in [-0.15, -0.1) is 11.3 Å². The fourth-order valence-electron chi connectivity index (χ4n) is 1.85. The zero-order valence-electron chi connectivity index (χ0n) is 13.3. The van der Waals surface area contributed by atoms with E-state index in [1.807, 2.05) is 16.8 Å². The number of aromatic nitrogens is 1. The molecule has 132 valence electrons. The Morgan fingerprint density at radius 3 is 2.76 bits per heavy atom. The molecular weight excluding hydrogens is 384 g/mol. The largest absolute Gasteiger partial charge is 0.453 e. The smallest absolute Gasteiger partial charge is 0.358 e. The lowest BCUT2D eigenvalue weighted by Gasteiger charge is -2.07. The van der Waals surface area contributed by atoms with Gasteiger partial charge in [0.05, 0.1) is 0 Å². The third-order valence-corrected chi connectivity index (χ3v) is 6.46. The summed E-state index contributed by atoms with van der Waals surface area (Å²) >= 11 is 2.91. The Morgan fingerprint density at radius 1 is 1.28 bits per heavy atom. The fourth-order valence-corrected chi connectivity index (χ4v) is 4.16. The van der Waals surface area contributed by atoms with Gasteiger partial charge in [-0.25, -0.2) is 22.5 Å². The molecule has 0 radical (unpaired) electrons. The van der Waals surface area contributed by atoms with Crippen LogP contribution in [0.2, 0.25) is 0 Å². The number of ether oxygens (including phenoxy) is 1. The molecule has 0 aliphatic carbocycles. The van der Waals surface area contributed by atoms with Crippen molar-refractivity contribution in [2.75, 3.05) is 14.1 Å². The van der Waals surface area contributed by atoms with Crippen molar-refractivity contribution < 1.29 is 22.4 Å². The second-order valence-electron chi connectivity index (χ2n) is 5.13. The van der Waals surface area contributed by atoms with Crippen LogP contribution in [0.1, 0.15) is 16.2 Å². The summed E-state index contributed by atoms with van der Waals surface area (Å²) in [5, 5.41) is 6.05. The van der Waals surface area contributed by atoms with Crippen LogP contribution in [0, 0.1) is 0 Å². The molecule has 0 fully saturated rings. The van der Waals surface area contributed by atoms with E-state index in [4.69, 9.17) is 9.15 Å². The zero-order valence-corrected chi connectivity index (χ0v) is 15.8. The lowest BCUT2D eigenvalue weighted by Crippen LogP contribution is -2.21. The third-order valence-electron chi connectivity index (χ3n) is 3.20. The number of hydrogen-bond acceptors (Lipinski definition) is 8. The predicted molar refractivity (Wildman–Crippen MR) is 94.1 cm³/mol. The molecule has 3 heterocycles. The first-order valence-electron chi connectivity index (χ1n) is 7.04. The minimum Gasteiger partial charge on any atom is -0.453 e. The van der Waals surface area contributed by atoms with E-state index >= 15 is 0 Å². The highest BCUT2D eigenvalue weighted by atomic mass is 32.2. The molecule has 3 aromatic heterocycles. The first-order valence-corrected chi connectivity index (χ1v) is 10.3. The van der Waals surface area contributed by atoms with Gasteiger partial charge in [0, 0.05) is 30.4 Å². The average Bonchev–Trinajstić information content (AvgIpc) is 3.32. The number of carbonyl (C=O) groups excluding carboxylic acids is 1. The van der Waals surface area contributed by atoms with E-state index in [1.54, 1.807) is 16.7 Å². The normalized spacial score (nSPS) is 11.8. The van der Waals surface area contributed by atoms with Crippen LogP contribution in [-0.2, 0) is 21.4 Å². The third kappa shape index (κ3) is 3.82. The summed E-state index contributed by atoms with van der Waals surface area (Å²) in [5.41, 5.74) is 1.16. The van der Waals surface area contributed by atoms with Crippen molar-refractivity contribution in [3.05, 3.63) is 45.8 Å². The molecule has 3 aromatic rings. The molecule has 0 unspecified atom stereocenters. The Morgan fingerprint density at radius 2 is 2.08 bits per heavy atom. The van der Waals surface area contributed by atoms with E-state index in [-0.39, 0.29) is 23.2 Å². The summed E-state index contributed by atoms with van der Waals surface area (Å²) in [6.45, 7) is -0.174. The summed E-state index contributed by atoms with van der Waals surface area (Å²) < 4.78 is 35.3. The monoisotopic (exact) mass is 398 g/mol. The Labute approximate surface area is 152 Å². The van der Waals surface area contributed by atoms with Gasteiger partial charge in [0.2, 0.25) is 5.09 Å². The van der Waals surface area contributed by atoms with Gasteiger partial charge in [-0.2, -0.15) is 11.3 Å². The van der Waals surface area contributed by atoms with Crippen LogP contribution in [0.5, 0.6) is 0 Å². The number of rotatable bonds is 6. The number of thiazole rings is 1. The molecule has 7 nitrogen and oxygen atoms in total. The molecule has 0 bridgehead atoms. The summed E-state index contributed by atoms with van der Waals surface area (Å²) in [7, 11) is -0.837. The predicted octanol–water partition coefficient (Wildman–Crippen LogP) is 3.07. The van der Waals surface area contributed by atoms with Crippen LogP contribution >= 0.6 is 22.7 Å². The van der Waals surface area contributed by atoms with Gasteiger partial charge in [-0.3, -0.25) is 0 Å².